The molecule has 0 radical (unpaired) electrons. The van der Waals surface area contributed by atoms with Gasteiger partial charge in [-0.2, -0.15) is 0 Å². The van der Waals surface area contributed by atoms with Crippen LogP contribution in [0, 0.1) is 0 Å². The van der Waals surface area contributed by atoms with E-state index >= 15 is 0 Å². The molecule has 3 rings (SSSR count). The summed E-state index contributed by atoms with van der Waals surface area (Å²) in [4.78, 5) is 16.1. The zero-order valence-electron chi connectivity index (χ0n) is 13.0. The molecule has 0 unspecified atom stereocenters. The fraction of sp³-hybridized carbons (Fsp3) is 0.294. The predicted molar refractivity (Wildman–Crippen MR) is 89.7 cm³/mol. The monoisotopic (exact) mass is 312 g/mol. The lowest BCUT2D eigenvalue weighted by Gasteiger charge is -2.08. The molecule has 3 N–H and O–H groups in total. The van der Waals surface area contributed by atoms with Crippen molar-refractivity contribution in [1.82, 2.24) is 14.9 Å². The van der Waals surface area contributed by atoms with Gasteiger partial charge in [-0.15, -0.1) is 0 Å². The van der Waals surface area contributed by atoms with Crippen molar-refractivity contribution in [2.45, 2.75) is 26.2 Å². The highest BCUT2D eigenvalue weighted by Gasteiger charge is 2.14. The maximum absolute atomic E-state index is 11.3. The van der Waals surface area contributed by atoms with Gasteiger partial charge < -0.3 is 5.32 Å². The summed E-state index contributed by atoms with van der Waals surface area (Å²) in [6, 6.07) is 10.1. The minimum absolute atomic E-state index is 0.00373. The van der Waals surface area contributed by atoms with Crippen molar-refractivity contribution in [3.8, 4) is 0 Å². The number of imidazole rings is 1. The maximum Gasteiger partial charge on any atom is 0.262 e. The lowest BCUT2D eigenvalue weighted by atomic mass is 10.2. The molecule has 0 aliphatic rings. The topological polar surface area (TPSA) is 78.7 Å². The van der Waals surface area contributed by atoms with Crippen LogP contribution in [-0.2, 0) is 11.2 Å². The molecule has 1 amide bonds. The molecule has 23 heavy (non-hydrogen) atoms. The first kappa shape index (κ1) is 15.3. The van der Waals surface area contributed by atoms with Gasteiger partial charge in [-0.1, -0.05) is 37.6 Å². The number of benzene rings is 1. The molecule has 0 aliphatic carbocycles. The lowest BCUT2D eigenvalue weighted by molar-refractivity contribution is -0.127. The second-order valence-electron chi connectivity index (χ2n) is 5.50. The number of carbonyl (C=O) groups excluding carboxylic acids is 1. The van der Waals surface area contributed by atoms with E-state index in [1.807, 2.05) is 34.9 Å². The van der Waals surface area contributed by atoms with Crippen LogP contribution in [0.1, 0.15) is 25.5 Å². The van der Waals surface area contributed by atoms with Crippen LogP contribution in [-0.4, -0.2) is 27.0 Å². The summed E-state index contributed by atoms with van der Waals surface area (Å²) < 4.78 is 1.97. The summed E-state index contributed by atoms with van der Waals surface area (Å²) in [6.45, 7) is 2.13. The van der Waals surface area contributed by atoms with Gasteiger partial charge in [0.2, 0.25) is 0 Å². The molecule has 6 nitrogen and oxygen atoms in total. The SMILES string of the molecule is CCCCc1nc2c3ccccc3ccn2c1NCC(=O)NO. The summed E-state index contributed by atoms with van der Waals surface area (Å²) >= 11 is 0. The van der Waals surface area contributed by atoms with Gasteiger partial charge in [-0.05, 0) is 24.3 Å². The van der Waals surface area contributed by atoms with Crippen LogP contribution in [0.5, 0.6) is 0 Å². The van der Waals surface area contributed by atoms with Crippen LogP contribution in [0.2, 0.25) is 0 Å². The van der Waals surface area contributed by atoms with E-state index < -0.39 is 5.91 Å². The fourth-order valence-electron chi connectivity index (χ4n) is 2.72. The van der Waals surface area contributed by atoms with Crippen LogP contribution < -0.4 is 10.8 Å². The molecule has 0 aliphatic heterocycles. The van der Waals surface area contributed by atoms with Gasteiger partial charge in [0.05, 0.1) is 12.2 Å². The first-order valence-corrected chi connectivity index (χ1v) is 7.80. The van der Waals surface area contributed by atoms with Crippen molar-refractivity contribution in [1.29, 1.82) is 0 Å². The van der Waals surface area contributed by atoms with Crippen LogP contribution in [0.3, 0.4) is 0 Å². The minimum Gasteiger partial charge on any atom is -0.360 e. The van der Waals surface area contributed by atoms with E-state index in [0.29, 0.717) is 0 Å². The van der Waals surface area contributed by atoms with E-state index in [0.717, 1.165) is 47.2 Å². The Bertz CT molecular complexity index is 841. The van der Waals surface area contributed by atoms with Crippen molar-refractivity contribution < 1.29 is 10.0 Å². The predicted octanol–water partition coefficient (Wildman–Crippen LogP) is 2.75. The molecule has 120 valence electrons. The van der Waals surface area contributed by atoms with Gasteiger partial charge >= 0.3 is 0 Å². The number of hydrogen-bond donors (Lipinski definition) is 3. The van der Waals surface area contributed by atoms with Crippen molar-refractivity contribution in [3.63, 3.8) is 0 Å². The Morgan fingerprint density at radius 2 is 2.13 bits per heavy atom. The number of nitrogens with zero attached hydrogens (tertiary/aromatic N) is 2. The van der Waals surface area contributed by atoms with E-state index in [1.54, 1.807) is 5.48 Å². The highest BCUT2D eigenvalue weighted by molar-refractivity contribution is 5.95. The lowest BCUT2D eigenvalue weighted by Crippen LogP contribution is -2.27. The molecule has 2 aromatic heterocycles. The third-order valence-electron chi connectivity index (χ3n) is 3.90. The Morgan fingerprint density at radius 1 is 1.30 bits per heavy atom. The quantitative estimate of drug-likeness (QED) is 0.483. The number of pyridine rings is 1. The standard InChI is InChI=1S/C17H20N4O2/c1-2-3-8-14-17(18-11-15(22)20-23)21-10-9-12-6-4-5-7-13(12)16(21)19-14/h4-7,9-10,18,23H,2-3,8,11H2,1H3,(H,20,22). The third-order valence-corrected chi connectivity index (χ3v) is 3.90. The number of hydrogen-bond acceptors (Lipinski definition) is 4. The van der Waals surface area contributed by atoms with Gasteiger partial charge in [0.15, 0.2) is 0 Å². The van der Waals surface area contributed by atoms with E-state index in [2.05, 4.69) is 18.3 Å². The van der Waals surface area contributed by atoms with E-state index in [1.165, 1.54) is 0 Å². The summed E-state index contributed by atoms with van der Waals surface area (Å²) in [7, 11) is 0. The molecule has 0 saturated heterocycles. The van der Waals surface area contributed by atoms with Crippen molar-refractivity contribution in [2.75, 3.05) is 11.9 Å². The molecular formula is C17H20N4O2. The molecule has 1 aromatic carbocycles. The number of unbranched alkanes of at least 4 members (excludes halogenated alkanes) is 1. The summed E-state index contributed by atoms with van der Waals surface area (Å²) in [6.07, 6.45) is 4.91. The number of anilines is 1. The molecule has 0 saturated carbocycles. The average Bonchev–Trinajstić information content (AvgIpc) is 2.95. The van der Waals surface area contributed by atoms with Crippen LogP contribution >= 0.6 is 0 Å². The Hall–Kier alpha value is -2.60. The van der Waals surface area contributed by atoms with Crippen LogP contribution in [0.15, 0.2) is 36.5 Å². The number of rotatable bonds is 6. The Balaban J connectivity index is 2.09. The molecule has 3 aromatic rings. The Morgan fingerprint density at radius 3 is 2.91 bits per heavy atom. The normalized spacial score (nSPS) is 11.0. The zero-order valence-corrected chi connectivity index (χ0v) is 13.0. The molecule has 0 atom stereocenters. The number of aromatic nitrogens is 2. The van der Waals surface area contributed by atoms with Crippen LogP contribution in [0.25, 0.3) is 16.4 Å². The van der Waals surface area contributed by atoms with Crippen molar-refractivity contribution in [2.24, 2.45) is 0 Å². The molecular weight excluding hydrogens is 292 g/mol. The Kier molecular flexibility index (Phi) is 4.43. The highest BCUT2D eigenvalue weighted by atomic mass is 16.5. The average molecular weight is 312 g/mol. The van der Waals surface area contributed by atoms with Gasteiger partial charge in [0, 0.05) is 11.6 Å². The van der Waals surface area contributed by atoms with E-state index in [4.69, 9.17) is 10.2 Å². The van der Waals surface area contributed by atoms with Gasteiger partial charge in [0.1, 0.15) is 11.5 Å². The summed E-state index contributed by atoms with van der Waals surface area (Å²) in [5.41, 5.74) is 3.45. The number of fused-ring (bicyclic) bond motifs is 3. The fourth-order valence-corrected chi connectivity index (χ4v) is 2.72. The summed E-state index contributed by atoms with van der Waals surface area (Å²) in [5, 5.41) is 14.0. The van der Waals surface area contributed by atoms with E-state index in [9.17, 15) is 4.79 Å². The number of aryl methyl sites for hydroxylation is 1. The number of carbonyl (C=O) groups is 1. The first-order chi connectivity index (χ1) is 11.2. The number of hydroxylamine groups is 1. The molecule has 2 heterocycles. The Labute approximate surface area is 134 Å². The number of nitrogens with one attached hydrogen (secondary N) is 2. The summed E-state index contributed by atoms with van der Waals surface area (Å²) in [5.74, 6) is 0.324. The zero-order chi connectivity index (χ0) is 16.2. The third kappa shape index (κ3) is 2.98. The minimum atomic E-state index is -0.484. The van der Waals surface area contributed by atoms with Gasteiger partial charge in [-0.25, -0.2) is 10.5 Å². The first-order valence-electron chi connectivity index (χ1n) is 7.80. The van der Waals surface area contributed by atoms with Crippen molar-refractivity contribution in [3.05, 3.63) is 42.2 Å². The van der Waals surface area contributed by atoms with Crippen molar-refractivity contribution >= 4 is 28.1 Å². The van der Waals surface area contributed by atoms with Crippen LogP contribution in [0.4, 0.5) is 5.82 Å². The second kappa shape index (κ2) is 6.66. The number of amides is 1. The molecule has 0 spiro atoms. The second-order valence-corrected chi connectivity index (χ2v) is 5.50. The van der Waals surface area contributed by atoms with E-state index in [-0.39, 0.29) is 6.54 Å². The smallest absolute Gasteiger partial charge is 0.262 e. The molecule has 0 fully saturated rings. The largest absolute Gasteiger partial charge is 0.360 e. The molecule has 6 heteroatoms. The van der Waals surface area contributed by atoms with Gasteiger partial charge in [0.25, 0.3) is 5.91 Å². The molecule has 0 bridgehead atoms. The maximum atomic E-state index is 11.3. The highest BCUT2D eigenvalue weighted by Crippen LogP contribution is 2.26. The van der Waals surface area contributed by atoms with Gasteiger partial charge in [-0.3, -0.25) is 14.4 Å².